The lowest BCUT2D eigenvalue weighted by Gasteiger charge is -2.21. The molecule has 0 bridgehead atoms. The van der Waals surface area contributed by atoms with E-state index in [0.717, 1.165) is 18.2 Å². The monoisotopic (exact) mass is 237 g/mol. The van der Waals surface area contributed by atoms with Crippen LogP contribution in [0, 0.1) is 18.8 Å². The smallest absolute Gasteiger partial charge is 0.203 e. The molecule has 1 aromatic heterocycles. The third-order valence-corrected chi connectivity index (χ3v) is 3.31. The maximum atomic E-state index is 4.57. The van der Waals surface area contributed by atoms with Crippen LogP contribution in [0.4, 0.5) is 5.95 Å². The largest absolute Gasteiger partial charge is 0.353 e. The van der Waals surface area contributed by atoms with E-state index in [1.165, 1.54) is 6.42 Å². The zero-order valence-corrected chi connectivity index (χ0v) is 12.1. The number of nitrogens with one attached hydrogen (secondary N) is 1. The van der Waals surface area contributed by atoms with E-state index in [0.29, 0.717) is 17.9 Å². The Hall–Kier alpha value is -0.990. The van der Waals surface area contributed by atoms with Gasteiger partial charge in [0.05, 0.1) is 5.69 Å². The molecule has 2 atom stereocenters. The van der Waals surface area contributed by atoms with Gasteiger partial charge in [0.2, 0.25) is 5.95 Å². The van der Waals surface area contributed by atoms with Crippen LogP contribution in [0.5, 0.6) is 0 Å². The third kappa shape index (κ3) is 4.06. The van der Waals surface area contributed by atoms with Gasteiger partial charge >= 0.3 is 0 Å². The second-order valence-electron chi connectivity index (χ2n) is 5.57. The minimum atomic E-state index is 0.465. The summed E-state index contributed by atoms with van der Waals surface area (Å²) in [5, 5.41) is 3.54. The number of anilines is 1. The Morgan fingerprint density at radius 2 is 1.94 bits per heavy atom. The highest BCUT2D eigenvalue weighted by Gasteiger charge is 2.14. The first-order valence-corrected chi connectivity index (χ1v) is 6.74. The number of imidazole rings is 1. The minimum Gasteiger partial charge on any atom is -0.353 e. The first-order chi connectivity index (χ1) is 7.93. The Balaban J connectivity index is 2.75. The van der Waals surface area contributed by atoms with Crippen molar-refractivity contribution in [2.24, 2.45) is 11.8 Å². The second kappa shape index (κ2) is 6.08. The fraction of sp³-hybridized carbons (Fsp3) is 0.786. The first kappa shape index (κ1) is 14.1. The zero-order valence-electron chi connectivity index (χ0n) is 12.1. The van der Waals surface area contributed by atoms with E-state index in [1.54, 1.807) is 0 Å². The van der Waals surface area contributed by atoms with Crippen LogP contribution < -0.4 is 5.32 Å². The molecule has 98 valence electrons. The average Bonchev–Trinajstić information content (AvgIpc) is 2.56. The minimum absolute atomic E-state index is 0.465. The molecule has 1 aromatic rings. The van der Waals surface area contributed by atoms with Gasteiger partial charge in [-0.25, -0.2) is 4.98 Å². The molecule has 0 saturated carbocycles. The van der Waals surface area contributed by atoms with Gasteiger partial charge in [0.25, 0.3) is 0 Å². The lowest BCUT2D eigenvalue weighted by Crippen LogP contribution is -2.25. The normalized spacial score (nSPS) is 15.0. The van der Waals surface area contributed by atoms with Crippen LogP contribution in [-0.4, -0.2) is 15.6 Å². The molecule has 1 heterocycles. The highest BCUT2D eigenvalue weighted by Crippen LogP contribution is 2.16. The van der Waals surface area contributed by atoms with Gasteiger partial charge < -0.3 is 9.88 Å². The van der Waals surface area contributed by atoms with Crippen molar-refractivity contribution in [2.45, 2.75) is 60.5 Å². The highest BCUT2D eigenvalue weighted by atomic mass is 15.2. The number of aryl methyl sites for hydroxylation is 1. The fourth-order valence-corrected chi connectivity index (χ4v) is 1.89. The fourth-order valence-electron chi connectivity index (χ4n) is 1.89. The van der Waals surface area contributed by atoms with Gasteiger partial charge in [-0.1, -0.05) is 34.1 Å². The number of rotatable bonds is 6. The summed E-state index contributed by atoms with van der Waals surface area (Å²) in [5.74, 6) is 2.33. The Bertz CT molecular complexity index is 341. The molecule has 0 spiro atoms. The summed E-state index contributed by atoms with van der Waals surface area (Å²) in [6, 6.07) is 0.465. The molecule has 0 aliphatic carbocycles. The average molecular weight is 237 g/mol. The molecule has 0 aliphatic rings. The molecular weight excluding hydrogens is 210 g/mol. The molecule has 0 fully saturated rings. The Morgan fingerprint density at radius 1 is 1.29 bits per heavy atom. The molecule has 0 aromatic carbocycles. The van der Waals surface area contributed by atoms with Gasteiger partial charge in [-0.2, -0.15) is 0 Å². The topological polar surface area (TPSA) is 29.9 Å². The van der Waals surface area contributed by atoms with Gasteiger partial charge in [0.1, 0.15) is 0 Å². The van der Waals surface area contributed by atoms with Crippen molar-refractivity contribution in [2.75, 3.05) is 5.32 Å². The lowest BCUT2D eigenvalue weighted by molar-refractivity contribution is 0.481. The third-order valence-electron chi connectivity index (χ3n) is 3.31. The summed E-state index contributed by atoms with van der Waals surface area (Å²) >= 11 is 0. The van der Waals surface area contributed by atoms with Crippen molar-refractivity contribution in [3.63, 3.8) is 0 Å². The predicted molar refractivity (Wildman–Crippen MR) is 74.3 cm³/mol. The standard InChI is InChI=1S/C14H27N3/c1-7-11(4)13(6)16-14-15-12(5)9-17(14)8-10(2)3/h9-11,13H,7-8H2,1-6H3,(H,15,16). The Kier molecular flexibility index (Phi) is 5.03. The van der Waals surface area contributed by atoms with Crippen LogP contribution in [0.25, 0.3) is 0 Å². The van der Waals surface area contributed by atoms with Crippen molar-refractivity contribution in [3.05, 3.63) is 11.9 Å². The summed E-state index contributed by atoms with van der Waals surface area (Å²) in [6.45, 7) is 14.3. The van der Waals surface area contributed by atoms with E-state index in [2.05, 4.69) is 62.6 Å². The summed E-state index contributed by atoms with van der Waals surface area (Å²) in [7, 11) is 0. The molecule has 1 N–H and O–H groups in total. The molecule has 2 unspecified atom stereocenters. The summed E-state index contributed by atoms with van der Waals surface area (Å²) in [5.41, 5.74) is 1.09. The van der Waals surface area contributed by atoms with Crippen molar-refractivity contribution in [3.8, 4) is 0 Å². The molecule has 3 nitrogen and oxygen atoms in total. The van der Waals surface area contributed by atoms with Crippen LogP contribution in [0.3, 0.4) is 0 Å². The predicted octanol–water partition coefficient (Wildman–Crippen LogP) is 3.69. The van der Waals surface area contributed by atoms with Crippen LogP contribution in [0.1, 0.15) is 46.7 Å². The zero-order chi connectivity index (χ0) is 13.0. The summed E-state index contributed by atoms with van der Waals surface area (Å²) in [6.07, 6.45) is 3.32. The molecule has 3 heteroatoms. The molecule has 0 saturated heterocycles. The number of hydrogen-bond acceptors (Lipinski definition) is 2. The van der Waals surface area contributed by atoms with Gasteiger partial charge in [-0.05, 0) is 25.7 Å². The lowest BCUT2D eigenvalue weighted by atomic mass is 10.0. The van der Waals surface area contributed by atoms with Gasteiger partial charge in [-0.15, -0.1) is 0 Å². The van der Waals surface area contributed by atoms with Crippen molar-refractivity contribution in [1.29, 1.82) is 0 Å². The second-order valence-corrected chi connectivity index (χ2v) is 5.57. The molecule has 0 radical (unpaired) electrons. The molecule has 17 heavy (non-hydrogen) atoms. The molecular formula is C14H27N3. The Labute approximate surface area is 106 Å². The van der Waals surface area contributed by atoms with Crippen LogP contribution in [0.2, 0.25) is 0 Å². The quantitative estimate of drug-likeness (QED) is 0.817. The van der Waals surface area contributed by atoms with Crippen LogP contribution >= 0.6 is 0 Å². The number of hydrogen-bond donors (Lipinski definition) is 1. The van der Waals surface area contributed by atoms with Crippen molar-refractivity contribution < 1.29 is 0 Å². The Morgan fingerprint density at radius 3 is 2.47 bits per heavy atom. The van der Waals surface area contributed by atoms with E-state index in [9.17, 15) is 0 Å². The highest BCUT2D eigenvalue weighted by molar-refractivity contribution is 5.30. The van der Waals surface area contributed by atoms with E-state index in [1.807, 2.05) is 0 Å². The van der Waals surface area contributed by atoms with Gasteiger partial charge in [0.15, 0.2) is 0 Å². The SMILES string of the molecule is CCC(C)C(C)Nc1nc(C)cn1CC(C)C. The maximum absolute atomic E-state index is 4.57. The van der Waals surface area contributed by atoms with E-state index >= 15 is 0 Å². The van der Waals surface area contributed by atoms with Gasteiger partial charge in [-0.3, -0.25) is 0 Å². The van der Waals surface area contributed by atoms with Gasteiger partial charge in [0, 0.05) is 18.8 Å². The van der Waals surface area contributed by atoms with E-state index in [-0.39, 0.29) is 0 Å². The molecule has 1 rings (SSSR count). The number of aromatic nitrogens is 2. The van der Waals surface area contributed by atoms with Crippen molar-refractivity contribution >= 4 is 5.95 Å². The summed E-state index contributed by atoms with van der Waals surface area (Å²) in [4.78, 5) is 4.57. The summed E-state index contributed by atoms with van der Waals surface area (Å²) < 4.78 is 2.24. The van der Waals surface area contributed by atoms with E-state index in [4.69, 9.17) is 0 Å². The number of nitrogens with zero attached hydrogens (tertiary/aromatic N) is 2. The van der Waals surface area contributed by atoms with Crippen LogP contribution in [-0.2, 0) is 6.54 Å². The van der Waals surface area contributed by atoms with E-state index < -0.39 is 0 Å². The van der Waals surface area contributed by atoms with Crippen molar-refractivity contribution in [1.82, 2.24) is 9.55 Å². The molecule has 0 amide bonds. The van der Waals surface area contributed by atoms with Crippen LogP contribution in [0.15, 0.2) is 6.20 Å². The maximum Gasteiger partial charge on any atom is 0.203 e. The molecule has 0 aliphatic heterocycles. The first-order valence-electron chi connectivity index (χ1n) is 6.74.